The van der Waals surface area contributed by atoms with Gasteiger partial charge < -0.3 is 4.72 Å². The fourth-order valence-corrected chi connectivity index (χ4v) is 0.819. The van der Waals surface area contributed by atoms with E-state index >= 15 is 0 Å². The third-order valence-electron chi connectivity index (χ3n) is 0.943. The Hall–Kier alpha value is -0.630. The first-order valence-corrected chi connectivity index (χ1v) is 3.39. The van der Waals surface area contributed by atoms with Crippen LogP contribution in [0.1, 0.15) is 0 Å². The van der Waals surface area contributed by atoms with Crippen LogP contribution in [0.15, 0.2) is 30.3 Å². The Balaban J connectivity index is 2.61. The smallest absolute Gasteiger partial charge is 0.0940 e. The molecule has 0 fully saturated rings. The van der Waals surface area contributed by atoms with Crippen LogP contribution in [0.5, 0.6) is 0 Å². The Bertz CT molecular complexity index is 162. The highest BCUT2D eigenvalue weighted by Gasteiger charge is 1.82. The van der Waals surface area contributed by atoms with Crippen LogP contribution in [0.3, 0.4) is 0 Å². The molecule has 0 aromatic heterocycles. The topological polar surface area (TPSA) is 12.0 Å². The average Bonchev–Trinajstić information content (AvgIpc) is 1.91. The summed E-state index contributed by atoms with van der Waals surface area (Å²) in [4.78, 5) is 0. The summed E-state index contributed by atoms with van der Waals surface area (Å²) >= 11 is 0.855. The van der Waals surface area contributed by atoms with Gasteiger partial charge in [0.2, 0.25) is 0 Å². The van der Waals surface area contributed by atoms with E-state index in [9.17, 15) is 0 Å². The Morgan fingerprint density at radius 3 is 2.44 bits per heavy atom. The minimum Gasteiger partial charge on any atom is -0.329 e. The van der Waals surface area contributed by atoms with Crippen LogP contribution in [0.4, 0.5) is 5.69 Å². The van der Waals surface area contributed by atoms with Crippen molar-refractivity contribution in [1.29, 1.82) is 0 Å². The van der Waals surface area contributed by atoms with E-state index in [-0.39, 0.29) is 0 Å². The first-order valence-electron chi connectivity index (χ1n) is 2.57. The highest BCUT2D eigenvalue weighted by atomic mass is 32.2. The molecule has 1 aromatic rings. The standard InChI is InChI=1S/C7H6NS/c1-9-8-7-5-3-2-4-6-7/h2-6,8H. The van der Waals surface area contributed by atoms with Crippen molar-refractivity contribution in [2.75, 3.05) is 4.72 Å². The van der Waals surface area contributed by atoms with Crippen LogP contribution >= 0.6 is 11.9 Å². The third-order valence-corrected chi connectivity index (χ3v) is 1.28. The molecule has 1 nitrogen and oxygen atoms in total. The van der Waals surface area contributed by atoms with Gasteiger partial charge in [-0.1, -0.05) is 18.2 Å². The summed E-state index contributed by atoms with van der Waals surface area (Å²) in [5.74, 6) is 0. The van der Waals surface area contributed by atoms with E-state index in [0.717, 1.165) is 17.6 Å². The molecule has 0 unspecified atom stereocenters. The fraction of sp³-hybridized carbons (Fsp3) is 0. The molecule has 2 heteroatoms. The summed E-state index contributed by atoms with van der Waals surface area (Å²) in [6.07, 6.45) is 6.75. The fourth-order valence-electron chi connectivity index (χ4n) is 0.565. The van der Waals surface area contributed by atoms with Gasteiger partial charge in [-0.25, -0.2) is 0 Å². The molecule has 0 spiro atoms. The summed E-state index contributed by atoms with van der Waals surface area (Å²) in [7, 11) is 0. The molecule has 0 aliphatic carbocycles. The molecule has 9 heavy (non-hydrogen) atoms. The van der Waals surface area contributed by atoms with Crippen molar-refractivity contribution in [3.05, 3.63) is 36.6 Å². The molecule has 0 aliphatic rings. The second kappa shape index (κ2) is 3.41. The highest BCUT2D eigenvalue weighted by molar-refractivity contribution is 8.01. The molecular weight excluding hydrogens is 130 g/mol. The van der Waals surface area contributed by atoms with Gasteiger partial charge in [0.05, 0.1) is 6.26 Å². The number of para-hydroxylation sites is 1. The Morgan fingerprint density at radius 2 is 1.89 bits per heavy atom. The third kappa shape index (κ3) is 1.98. The van der Waals surface area contributed by atoms with Crippen molar-refractivity contribution < 1.29 is 0 Å². The van der Waals surface area contributed by atoms with Crippen molar-refractivity contribution in [2.24, 2.45) is 0 Å². The van der Waals surface area contributed by atoms with Crippen LogP contribution in [0.2, 0.25) is 0 Å². The Labute approximate surface area is 59.6 Å². The maximum Gasteiger partial charge on any atom is 0.0940 e. The van der Waals surface area contributed by atoms with Crippen LogP contribution in [0, 0.1) is 6.26 Å². The number of benzene rings is 1. The van der Waals surface area contributed by atoms with Gasteiger partial charge in [0.1, 0.15) is 0 Å². The molecule has 45 valence electrons. The first-order chi connectivity index (χ1) is 4.43. The van der Waals surface area contributed by atoms with E-state index in [0.29, 0.717) is 0 Å². The molecule has 0 aliphatic heterocycles. The zero-order valence-corrected chi connectivity index (χ0v) is 5.61. The molecule has 3 radical (unpaired) electrons. The lowest BCUT2D eigenvalue weighted by atomic mass is 10.3. The summed E-state index contributed by atoms with van der Waals surface area (Å²) in [6.45, 7) is 0. The SMILES string of the molecule is [C]SNc1ccccc1. The Kier molecular flexibility index (Phi) is 2.46. The predicted octanol–water partition coefficient (Wildman–Crippen LogP) is 2.29. The van der Waals surface area contributed by atoms with E-state index in [1.165, 1.54) is 0 Å². The first kappa shape index (κ1) is 6.49. The summed E-state index contributed by atoms with van der Waals surface area (Å²) in [6, 6.07) is 9.64. The van der Waals surface area contributed by atoms with Gasteiger partial charge in [-0.05, 0) is 24.1 Å². The molecule has 1 N–H and O–H groups in total. The van der Waals surface area contributed by atoms with Crippen molar-refractivity contribution in [1.82, 2.24) is 0 Å². The van der Waals surface area contributed by atoms with Crippen molar-refractivity contribution in [3.63, 3.8) is 0 Å². The predicted molar refractivity (Wildman–Crippen MR) is 40.9 cm³/mol. The molecule has 0 heterocycles. The van der Waals surface area contributed by atoms with Crippen LogP contribution < -0.4 is 4.72 Å². The van der Waals surface area contributed by atoms with Crippen LogP contribution in [-0.4, -0.2) is 0 Å². The summed E-state index contributed by atoms with van der Waals surface area (Å²) < 4.78 is 2.79. The van der Waals surface area contributed by atoms with Gasteiger partial charge in [-0.15, -0.1) is 0 Å². The minimum atomic E-state index is 0.855. The largest absolute Gasteiger partial charge is 0.329 e. The van der Waals surface area contributed by atoms with Gasteiger partial charge in [0.25, 0.3) is 0 Å². The van der Waals surface area contributed by atoms with Gasteiger partial charge in [0.15, 0.2) is 0 Å². The van der Waals surface area contributed by atoms with E-state index in [2.05, 4.69) is 4.72 Å². The van der Waals surface area contributed by atoms with Crippen molar-refractivity contribution >= 4 is 17.6 Å². The number of hydrogen-bond acceptors (Lipinski definition) is 2. The lowest BCUT2D eigenvalue weighted by Gasteiger charge is -1.97. The maximum atomic E-state index is 6.75. The Morgan fingerprint density at radius 1 is 1.22 bits per heavy atom. The molecular formula is C7H6NS. The molecule has 0 saturated carbocycles. The zero-order valence-electron chi connectivity index (χ0n) is 4.79. The molecule has 0 amide bonds. The van der Waals surface area contributed by atoms with Gasteiger partial charge in [-0.2, -0.15) is 0 Å². The quantitative estimate of drug-likeness (QED) is 0.626. The average molecular weight is 136 g/mol. The van der Waals surface area contributed by atoms with Crippen molar-refractivity contribution in [2.45, 2.75) is 0 Å². The number of hydrogen-bond donors (Lipinski definition) is 1. The molecule has 1 rings (SSSR count). The lowest BCUT2D eigenvalue weighted by Crippen LogP contribution is -1.80. The monoisotopic (exact) mass is 136 g/mol. The van der Waals surface area contributed by atoms with Crippen LogP contribution in [0.25, 0.3) is 0 Å². The number of rotatable bonds is 2. The zero-order chi connectivity index (χ0) is 6.53. The number of anilines is 1. The van der Waals surface area contributed by atoms with Gasteiger partial charge in [-0.3, -0.25) is 0 Å². The second-order valence-electron chi connectivity index (χ2n) is 1.57. The van der Waals surface area contributed by atoms with E-state index in [1.807, 2.05) is 30.3 Å². The minimum absolute atomic E-state index is 0.855. The van der Waals surface area contributed by atoms with E-state index in [4.69, 9.17) is 6.26 Å². The highest BCUT2D eigenvalue weighted by Crippen LogP contribution is 2.09. The second-order valence-corrected chi connectivity index (χ2v) is 1.98. The number of nitrogens with one attached hydrogen (secondary N) is 1. The van der Waals surface area contributed by atoms with Crippen LogP contribution in [-0.2, 0) is 0 Å². The van der Waals surface area contributed by atoms with Gasteiger partial charge >= 0.3 is 0 Å². The summed E-state index contributed by atoms with van der Waals surface area (Å²) in [5.41, 5.74) is 0.970. The van der Waals surface area contributed by atoms with E-state index in [1.54, 1.807) is 0 Å². The lowest BCUT2D eigenvalue weighted by molar-refractivity contribution is 1.69. The van der Waals surface area contributed by atoms with Crippen molar-refractivity contribution in [3.8, 4) is 0 Å². The van der Waals surface area contributed by atoms with E-state index < -0.39 is 0 Å². The molecule has 0 saturated heterocycles. The normalized spacial score (nSPS) is 9.00. The summed E-state index contributed by atoms with van der Waals surface area (Å²) in [5, 5.41) is 0. The maximum absolute atomic E-state index is 6.75. The molecule has 0 bridgehead atoms. The molecule has 0 atom stereocenters. The van der Waals surface area contributed by atoms with Gasteiger partial charge in [0, 0.05) is 5.69 Å². The molecule has 1 aromatic carbocycles.